The summed E-state index contributed by atoms with van der Waals surface area (Å²) in [5.74, 6) is -0.0171. The molecule has 3 heterocycles. The third-order valence-electron chi connectivity index (χ3n) is 5.63. The molecule has 0 radical (unpaired) electrons. The Balaban J connectivity index is 1.63. The molecule has 1 amide bonds. The average Bonchev–Trinajstić information content (AvgIpc) is 3.07. The van der Waals surface area contributed by atoms with Crippen LogP contribution in [0.4, 0.5) is 5.82 Å². The van der Waals surface area contributed by atoms with Crippen LogP contribution in [0.5, 0.6) is 0 Å². The summed E-state index contributed by atoms with van der Waals surface area (Å²) in [6.07, 6.45) is 8.72. The molecule has 31 heavy (non-hydrogen) atoms. The van der Waals surface area contributed by atoms with Crippen molar-refractivity contribution in [3.05, 3.63) is 59.9 Å². The minimum absolute atomic E-state index is 0.157. The van der Waals surface area contributed by atoms with E-state index in [2.05, 4.69) is 15.4 Å². The molecule has 0 saturated heterocycles. The largest absolute Gasteiger partial charge is 0.383 e. The lowest BCUT2D eigenvalue weighted by Crippen LogP contribution is -2.36. The Morgan fingerprint density at radius 3 is 2.55 bits per heavy atom. The summed E-state index contributed by atoms with van der Waals surface area (Å²) in [4.78, 5) is 26.9. The van der Waals surface area contributed by atoms with E-state index in [4.69, 9.17) is 15.7 Å². The van der Waals surface area contributed by atoms with Gasteiger partial charge in [-0.1, -0.05) is 37.5 Å². The molecule has 0 unspecified atom stereocenters. The van der Waals surface area contributed by atoms with E-state index in [0.717, 1.165) is 25.7 Å². The van der Waals surface area contributed by atoms with Gasteiger partial charge in [0.05, 0.1) is 22.9 Å². The molecule has 8 heteroatoms. The molecule has 1 aromatic carbocycles. The molecule has 0 bridgehead atoms. The maximum Gasteiger partial charge on any atom is 0.257 e. The summed E-state index contributed by atoms with van der Waals surface area (Å²) in [5, 5.41) is 7.62. The van der Waals surface area contributed by atoms with E-state index < -0.39 is 0 Å². The highest BCUT2D eigenvalue weighted by molar-refractivity contribution is 6.10. The zero-order chi connectivity index (χ0) is 21.2. The van der Waals surface area contributed by atoms with Crippen LogP contribution in [0.3, 0.4) is 0 Å². The molecule has 3 N–H and O–H groups in total. The fourth-order valence-corrected chi connectivity index (χ4v) is 4.06. The van der Waals surface area contributed by atoms with Crippen LogP contribution in [-0.2, 0) is 0 Å². The second kappa shape index (κ2) is 8.14. The molecular formula is C23H23N7O. The molecule has 0 spiro atoms. The minimum atomic E-state index is -0.231. The number of hydrogen-bond acceptors (Lipinski definition) is 6. The highest BCUT2D eigenvalue weighted by Crippen LogP contribution is 2.28. The van der Waals surface area contributed by atoms with Crippen LogP contribution in [-0.4, -0.2) is 37.8 Å². The molecule has 1 saturated carbocycles. The van der Waals surface area contributed by atoms with Gasteiger partial charge in [-0.3, -0.25) is 9.78 Å². The second-order valence-corrected chi connectivity index (χ2v) is 7.76. The first kappa shape index (κ1) is 19.2. The van der Waals surface area contributed by atoms with Gasteiger partial charge < -0.3 is 11.1 Å². The molecule has 156 valence electrons. The van der Waals surface area contributed by atoms with E-state index >= 15 is 0 Å². The number of nitrogens with one attached hydrogen (secondary N) is 1. The maximum absolute atomic E-state index is 13.2. The van der Waals surface area contributed by atoms with Crippen molar-refractivity contribution >= 4 is 40.1 Å². The minimum Gasteiger partial charge on any atom is -0.383 e. The summed E-state index contributed by atoms with van der Waals surface area (Å²) >= 11 is 0. The molecule has 8 nitrogen and oxygen atoms in total. The Labute approximate surface area is 179 Å². The number of anilines is 1. The lowest BCUT2D eigenvalue weighted by Gasteiger charge is -2.22. The van der Waals surface area contributed by atoms with Crippen molar-refractivity contribution in [1.82, 2.24) is 24.9 Å². The molecule has 3 aromatic heterocycles. The molecule has 0 aliphatic heterocycles. The first-order chi connectivity index (χ1) is 15.2. The smallest absolute Gasteiger partial charge is 0.257 e. The van der Waals surface area contributed by atoms with Crippen LogP contribution < -0.4 is 11.1 Å². The van der Waals surface area contributed by atoms with Crippen molar-refractivity contribution < 1.29 is 4.79 Å². The SMILES string of the molecule is Nc1c(C(=O)NC2CCCCC2)c2nc3ccccc3nc2n1N=Cc1ccccn1. The fourth-order valence-electron chi connectivity index (χ4n) is 4.06. The summed E-state index contributed by atoms with van der Waals surface area (Å²) in [6, 6.07) is 13.2. The summed E-state index contributed by atoms with van der Waals surface area (Å²) in [5.41, 5.74) is 9.73. The number of hydrogen-bond donors (Lipinski definition) is 2. The fraction of sp³-hybridized carbons (Fsp3) is 0.261. The van der Waals surface area contributed by atoms with E-state index in [0.29, 0.717) is 33.5 Å². The Bertz CT molecular complexity index is 1270. The quantitative estimate of drug-likeness (QED) is 0.497. The lowest BCUT2D eigenvalue weighted by atomic mass is 9.95. The molecule has 0 atom stereocenters. The Hall–Kier alpha value is -3.81. The van der Waals surface area contributed by atoms with Gasteiger partial charge in [0, 0.05) is 12.2 Å². The standard InChI is InChI=1S/C23H23N7O/c24-21-19(23(31)27-15-8-2-1-3-9-15)20-22(29-18-12-5-4-11-17(18)28-20)30(21)26-14-16-10-6-7-13-25-16/h4-7,10-15H,1-3,8-9,24H2,(H,27,31). The summed E-state index contributed by atoms with van der Waals surface area (Å²) in [7, 11) is 0. The van der Waals surface area contributed by atoms with E-state index in [1.807, 2.05) is 42.5 Å². The monoisotopic (exact) mass is 413 g/mol. The number of aromatic nitrogens is 4. The van der Waals surface area contributed by atoms with E-state index in [9.17, 15) is 4.79 Å². The zero-order valence-corrected chi connectivity index (χ0v) is 17.0. The van der Waals surface area contributed by atoms with Gasteiger partial charge in [-0.05, 0) is 37.1 Å². The van der Waals surface area contributed by atoms with Crippen LogP contribution in [0.25, 0.3) is 22.2 Å². The Kier molecular flexibility index (Phi) is 5.03. The number of pyridine rings is 1. The van der Waals surface area contributed by atoms with Crippen LogP contribution in [0, 0.1) is 0 Å². The van der Waals surface area contributed by atoms with Crippen LogP contribution >= 0.6 is 0 Å². The maximum atomic E-state index is 13.2. The van der Waals surface area contributed by atoms with Gasteiger partial charge in [-0.2, -0.15) is 9.78 Å². The van der Waals surface area contributed by atoms with Gasteiger partial charge in [-0.15, -0.1) is 0 Å². The molecule has 1 fully saturated rings. The molecule has 4 aromatic rings. The van der Waals surface area contributed by atoms with Gasteiger partial charge in [0.1, 0.15) is 16.9 Å². The first-order valence-electron chi connectivity index (χ1n) is 10.5. The predicted octanol–water partition coefficient (Wildman–Crippen LogP) is 3.51. The van der Waals surface area contributed by atoms with E-state index in [1.54, 1.807) is 12.4 Å². The lowest BCUT2D eigenvalue weighted by molar-refractivity contribution is 0.0930. The number of para-hydroxylation sites is 2. The van der Waals surface area contributed by atoms with Gasteiger partial charge in [-0.25, -0.2) is 9.97 Å². The number of carbonyl (C=O) groups is 1. The molecule has 1 aliphatic carbocycles. The number of nitrogen functional groups attached to an aromatic ring is 1. The highest BCUT2D eigenvalue weighted by atomic mass is 16.1. The van der Waals surface area contributed by atoms with Crippen molar-refractivity contribution in [3.63, 3.8) is 0 Å². The van der Waals surface area contributed by atoms with Crippen LogP contribution in [0.2, 0.25) is 0 Å². The number of carbonyl (C=O) groups excluding carboxylic acids is 1. The highest BCUT2D eigenvalue weighted by Gasteiger charge is 2.26. The third-order valence-corrected chi connectivity index (χ3v) is 5.63. The van der Waals surface area contributed by atoms with Crippen molar-refractivity contribution in [2.75, 3.05) is 5.73 Å². The average molecular weight is 413 g/mol. The number of nitrogens with zero attached hydrogens (tertiary/aromatic N) is 5. The number of amides is 1. The van der Waals surface area contributed by atoms with E-state index in [1.165, 1.54) is 11.1 Å². The van der Waals surface area contributed by atoms with Gasteiger partial charge >= 0.3 is 0 Å². The number of rotatable bonds is 4. The number of nitrogens with two attached hydrogens (primary N) is 1. The van der Waals surface area contributed by atoms with Gasteiger partial charge in [0.15, 0.2) is 5.65 Å². The second-order valence-electron chi connectivity index (χ2n) is 7.76. The van der Waals surface area contributed by atoms with Crippen molar-refractivity contribution in [2.24, 2.45) is 5.10 Å². The number of benzene rings is 1. The van der Waals surface area contributed by atoms with E-state index in [-0.39, 0.29) is 17.8 Å². The topological polar surface area (TPSA) is 111 Å². The first-order valence-corrected chi connectivity index (χ1v) is 10.5. The zero-order valence-electron chi connectivity index (χ0n) is 17.0. The normalized spacial score (nSPS) is 15.1. The summed E-state index contributed by atoms with van der Waals surface area (Å²) < 4.78 is 1.47. The van der Waals surface area contributed by atoms with Crippen LogP contribution in [0.1, 0.15) is 48.2 Å². The number of fused-ring (bicyclic) bond motifs is 2. The van der Waals surface area contributed by atoms with Crippen LogP contribution in [0.15, 0.2) is 53.8 Å². The van der Waals surface area contributed by atoms with Gasteiger partial charge in [0.2, 0.25) is 0 Å². The molecule has 5 rings (SSSR count). The molecular weight excluding hydrogens is 390 g/mol. The summed E-state index contributed by atoms with van der Waals surface area (Å²) in [6.45, 7) is 0. The molecule has 1 aliphatic rings. The van der Waals surface area contributed by atoms with Gasteiger partial charge in [0.25, 0.3) is 5.91 Å². The van der Waals surface area contributed by atoms with Crippen molar-refractivity contribution in [1.29, 1.82) is 0 Å². The third kappa shape index (κ3) is 3.72. The van der Waals surface area contributed by atoms with Crippen molar-refractivity contribution in [3.8, 4) is 0 Å². The Morgan fingerprint density at radius 2 is 1.81 bits per heavy atom. The van der Waals surface area contributed by atoms with Crippen molar-refractivity contribution in [2.45, 2.75) is 38.1 Å². The Morgan fingerprint density at radius 1 is 1.06 bits per heavy atom. The predicted molar refractivity (Wildman–Crippen MR) is 121 cm³/mol.